The maximum atomic E-state index is 6.29. The third kappa shape index (κ3) is 4.00. The van der Waals surface area contributed by atoms with Gasteiger partial charge < -0.3 is 21.1 Å². The Kier molecular flexibility index (Phi) is 5.73. The normalized spacial score (nSPS) is 13.7. The van der Waals surface area contributed by atoms with Crippen LogP contribution >= 0.6 is 11.3 Å². The number of nitrogens with zero attached hydrogens (tertiary/aromatic N) is 5. The molecule has 0 spiro atoms. The molecular formula is C25H29N7OS. The first-order valence-corrected chi connectivity index (χ1v) is 12.4. The van der Waals surface area contributed by atoms with Crippen LogP contribution < -0.4 is 21.1 Å². The van der Waals surface area contributed by atoms with Crippen LogP contribution in [0.3, 0.4) is 0 Å². The predicted molar refractivity (Wildman–Crippen MR) is 138 cm³/mol. The van der Waals surface area contributed by atoms with Crippen LogP contribution in [0.1, 0.15) is 49.1 Å². The number of fused-ring (bicyclic) bond motifs is 2. The van der Waals surface area contributed by atoms with Gasteiger partial charge in [-0.15, -0.1) is 0 Å². The van der Waals surface area contributed by atoms with Gasteiger partial charge in [0, 0.05) is 35.1 Å². The monoisotopic (exact) mass is 475 g/mol. The molecule has 1 aliphatic rings. The van der Waals surface area contributed by atoms with Crippen molar-refractivity contribution < 1.29 is 4.74 Å². The average Bonchev–Trinajstić information content (AvgIpc) is 3.02. The zero-order valence-corrected chi connectivity index (χ0v) is 20.7. The minimum atomic E-state index is 0.278. The van der Waals surface area contributed by atoms with Crippen molar-refractivity contribution in [3.63, 3.8) is 0 Å². The number of ether oxygens (including phenoxy) is 1. The number of nitrogens with two attached hydrogens (primary N) is 2. The first-order chi connectivity index (χ1) is 16.3. The molecule has 4 aromatic rings. The van der Waals surface area contributed by atoms with E-state index >= 15 is 0 Å². The highest BCUT2D eigenvalue weighted by Crippen LogP contribution is 2.37. The second-order valence-electron chi connectivity index (χ2n) is 8.91. The van der Waals surface area contributed by atoms with Gasteiger partial charge in [0.25, 0.3) is 0 Å². The Hall–Kier alpha value is -3.46. The molecule has 0 saturated carbocycles. The number of aryl methyl sites for hydroxylation is 2. The van der Waals surface area contributed by atoms with Gasteiger partial charge in [-0.3, -0.25) is 0 Å². The first-order valence-electron chi connectivity index (χ1n) is 11.5. The lowest BCUT2D eigenvalue weighted by Crippen LogP contribution is -2.28. The number of aromatic nitrogens is 4. The number of hydrogen-bond donors (Lipinski definition) is 2. The van der Waals surface area contributed by atoms with Gasteiger partial charge in [0.1, 0.15) is 28.5 Å². The van der Waals surface area contributed by atoms with Crippen molar-refractivity contribution in [2.45, 2.75) is 46.6 Å². The third-order valence-electron chi connectivity index (χ3n) is 6.20. The molecule has 0 bridgehead atoms. The van der Waals surface area contributed by atoms with Gasteiger partial charge in [0.2, 0.25) is 5.95 Å². The SMILES string of the molecule is CCc1cc(-c2cnc3sc(N)nc3c2)cc2c1OCCN(c1nc(N)nc(C)c1C(C)C)C2. The number of pyridine rings is 1. The highest BCUT2D eigenvalue weighted by Gasteiger charge is 2.24. The standard InChI is InChI=1S/C25H29N7OS/c1-5-15-8-16(17-10-19-23(28-11-17)34-25(27)30-19)9-18-12-32(6-7-33-21(15)18)22-20(13(2)3)14(4)29-24(26)31-22/h8-11,13H,5-7,12H2,1-4H3,(H2,27,30)(H2,26,29,31). The molecule has 0 fully saturated rings. The largest absolute Gasteiger partial charge is 0.491 e. The summed E-state index contributed by atoms with van der Waals surface area (Å²) in [6.07, 6.45) is 2.76. The molecule has 4 N–H and O–H groups in total. The minimum Gasteiger partial charge on any atom is -0.491 e. The molecule has 0 atom stereocenters. The fraction of sp³-hybridized carbons (Fsp3) is 0.360. The maximum absolute atomic E-state index is 6.29. The van der Waals surface area contributed by atoms with Gasteiger partial charge in [0.05, 0.1) is 6.54 Å². The fourth-order valence-corrected chi connectivity index (χ4v) is 5.37. The zero-order chi connectivity index (χ0) is 24.0. The Morgan fingerprint density at radius 1 is 1.12 bits per heavy atom. The van der Waals surface area contributed by atoms with Crippen molar-refractivity contribution in [2.75, 3.05) is 29.5 Å². The molecular weight excluding hydrogens is 446 g/mol. The Labute approximate surface area is 203 Å². The van der Waals surface area contributed by atoms with Crippen molar-refractivity contribution in [2.24, 2.45) is 0 Å². The smallest absolute Gasteiger partial charge is 0.222 e. The van der Waals surface area contributed by atoms with E-state index in [1.165, 1.54) is 16.9 Å². The quantitative estimate of drug-likeness (QED) is 0.436. The number of rotatable bonds is 4. The van der Waals surface area contributed by atoms with Gasteiger partial charge >= 0.3 is 0 Å². The Balaban J connectivity index is 1.60. The van der Waals surface area contributed by atoms with Crippen LogP contribution in [0.25, 0.3) is 21.5 Å². The molecule has 1 aromatic carbocycles. The van der Waals surface area contributed by atoms with Crippen molar-refractivity contribution in [1.82, 2.24) is 19.9 Å². The van der Waals surface area contributed by atoms with E-state index < -0.39 is 0 Å². The number of anilines is 3. The summed E-state index contributed by atoms with van der Waals surface area (Å²) in [4.78, 5) is 21.2. The second-order valence-corrected chi connectivity index (χ2v) is 9.92. The van der Waals surface area contributed by atoms with Crippen LogP contribution in [0.2, 0.25) is 0 Å². The van der Waals surface area contributed by atoms with E-state index in [1.807, 2.05) is 13.1 Å². The summed E-state index contributed by atoms with van der Waals surface area (Å²) >= 11 is 1.40. The van der Waals surface area contributed by atoms with E-state index in [0.29, 0.717) is 30.8 Å². The Morgan fingerprint density at radius 3 is 2.71 bits per heavy atom. The van der Waals surface area contributed by atoms with Gasteiger partial charge in [0.15, 0.2) is 5.13 Å². The summed E-state index contributed by atoms with van der Waals surface area (Å²) in [7, 11) is 0. The van der Waals surface area contributed by atoms with E-state index in [9.17, 15) is 0 Å². The van der Waals surface area contributed by atoms with Crippen LogP contribution in [0.4, 0.5) is 16.9 Å². The first kappa shape index (κ1) is 22.3. The van der Waals surface area contributed by atoms with E-state index in [1.54, 1.807) is 0 Å². The molecule has 4 heterocycles. The lowest BCUT2D eigenvalue weighted by atomic mass is 9.97. The molecule has 0 amide bonds. The Bertz CT molecular complexity index is 1380. The lowest BCUT2D eigenvalue weighted by molar-refractivity contribution is 0.328. The lowest BCUT2D eigenvalue weighted by Gasteiger charge is -2.26. The molecule has 8 nitrogen and oxygen atoms in total. The number of hydrogen-bond acceptors (Lipinski definition) is 9. The summed E-state index contributed by atoms with van der Waals surface area (Å²) in [5.74, 6) is 2.43. The van der Waals surface area contributed by atoms with Gasteiger partial charge in [-0.1, -0.05) is 32.1 Å². The maximum Gasteiger partial charge on any atom is 0.222 e. The van der Waals surface area contributed by atoms with Crippen molar-refractivity contribution in [1.29, 1.82) is 0 Å². The van der Waals surface area contributed by atoms with Gasteiger partial charge in [-0.2, -0.15) is 4.98 Å². The summed E-state index contributed by atoms with van der Waals surface area (Å²) in [6, 6.07) is 6.44. The summed E-state index contributed by atoms with van der Waals surface area (Å²) in [6.45, 7) is 10.4. The summed E-state index contributed by atoms with van der Waals surface area (Å²) in [5, 5.41) is 0.528. The van der Waals surface area contributed by atoms with E-state index in [4.69, 9.17) is 16.2 Å². The molecule has 0 saturated heterocycles. The molecule has 0 unspecified atom stereocenters. The molecule has 34 heavy (non-hydrogen) atoms. The highest BCUT2D eigenvalue weighted by molar-refractivity contribution is 7.21. The molecule has 0 aliphatic carbocycles. The number of nitrogen functional groups attached to an aromatic ring is 2. The van der Waals surface area contributed by atoms with Crippen molar-refractivity contribution >= 4 is 38.6 Å². The third-order valence-corrected chi connectivity index (χ3v) is 7.01. The molecule has 3 aromatic heterocycles. The Morgan fingerprint density at radius 2 is 1.94 bits per heavy atom. The topological polar surface area (TPSA) is 116 Å². The molecule has 9 heteroatoms. The fourth-order valence-electron chi connectivity index (χ4n) is 4.71. The van der Waals surface area contributed by atoms with E-state index in [2.05, 4.69) is 63.8 Å². The van der Waals surface area contributed by atoms with Gasteiger partial charge in [-0.25, -0.2) is 15.0 Å². The molecule has 5 rings (SSSR count). The summed E-state index contributed by atoms with van der Waals surface area (Å²) in [5.41, 5.74) is 19.2. The van der Waals surface area contributed by atoms with Crippen LogP contribution in [-0.2, 0) is 13.0 Å². The van der Waals surface area contributed by atoms with Crippen LogP contribution in [0, 0.1) is 6.92 Å². The van der Waals surface area contributed by atoms with E-state index in [-0.39, 0.29) is 5.92 Å². The number of benzene rings is 1. The second kappa shape index (κ2) is 8.72. The molecule has 1 aliphatic heterocycles. The van der Waals surface area contributed by atoms with E-state index in [0.717, 1.165) is 56.3 Å². The van der Waals surface area contributed by atoms with Gasteiger partial charge in [-0.05, 0) is 48.6 Å². The minimum absolute atomic E-state index is 0.278. The van der Waals surface area contributed by atoms with Crippen molar-refractivity contribution in [3.8, 4) is 16.9 Å². The molecule has 176 valence electrons. The predicted octanol–water partition coefficient (Wildman–Crippen LogP) is 4.71. The summed E-state index contributed by atoms with van der Waals surface area (Å²) < 4.78 is 6.29. The number of thiazole rings is 1. The zero-order valence-electron chi connectivity index (χ0n) is 19.9. The molecule has 0 radical (unpaired) electrons. The highest BCUT2D eigenvalue weighted by atomic mass is 32.1. The van der Waals surface area contributed by atoms with Crippen LogP contribution in [-0.4, -0.2) is 33.1 Å². The van der Waals surface area contributed by atoms with Crippen LogP contribution in [0.15, 0.2) is 24.4 Å². The average molecular weight is 476 g/mol. The van der Waals surface area contributed by atoms with Crippen molar-refractivity contribution in [3.05, 3.63) is 46.8 Å². The van der Waals surface area contributed by atoms with Crippen LogP contribution in [0.5, 0.6) is 5.75 Å².